The van der Waals surface area contributed by atoms with Crippen LogP contribution in [-0.4, -0.2) is 12.0 Å². The van der Waals surface area contributed by atoms with Crippen molar-refractivity contribution in [2.24, 2.45) is 5.92 Å². The molecular formula is C15H26N2S. The molecule has 0 saturated heterocycles. The molecule has 1 heterocycles. The molecule has 0 aromatic carbocycles. The van der Waals surface area contributed by atoms with Crippen molar-refractivity contribution in [3.63, 3.8) is 0 Å². The number of hydrogen-bond donors (Lipinski definition) is 1. The van der Waals surface area contributed by atoms with Crippen LogP contribution in [0.2, 0.25) is 0 Å². The number of aromatic nitrogens is 1. The lowest BCUT2D eigenvalue weighted by atomic mass is 9.77. The second-order valence-corrected chi connectivity index (χ2v) is 7.66. The summed E-state index contributed by atoms with van der Waals surface area (Å²) >= 11 is 1.83. The quantitative estimate of drug-likeness (QED) is 0.873. The Morgan fingerprint density at radius 1 is 1.33 bits per heavy atom. The van der Waals surface area contributed by atoms with Crippen LogP contribution in [0.1, 0.15) is 64.1 Å². The first-order chi connectivity index (χ1) is 8.37. The SMILES string of the molecule is CNC1(c2nc(C(C)(C)C)cs2)CCC(C)CC1. The minimum atomic E-state index is 0.140. The van der Waals surface area contributed by atoms with E-state index >= 15 is 0 Å². The van der Waals surface area contributed by atoms with E-state index in [9.17, 15) is 0 Å². The fraction of sp³-hybridized carbons (Fsp3) is 0.800. The molecule has 0 aliphatic heterocycles. The van der Waals surface area contributed by atoms with Gasteiger partial charge in [-0.05, 0) is 38.6 Å². The number of hydrogen-bond acceptors (Lipinski definition) is 3. The summed E-state index contributed by atoms with van der Waals surface area (Å²) < 4.78 is 0. The number of rotatable bonds is 2. The van der Waals surface area contributed by atoms with Crippen LogP contribution >= 0.6 is 11.3 Å². The highest BCUT2D eigenvalue weighted by atomic mass is 32.1. The zero-order valence-corrected chi connectivity index (χ0v) is 13.2. The van der Waals surface area contributed by atoms with Crippen molar-refractivity contribution in [2.75, 3.05) is 7.05 Å². The smallest absolute Gasteiger partial charge is 0.113 e. The van der Waals surface area contributed by atoms with Crippen LogP contribution in [0.15, 0.2) is 5.38 Å². The highest BCUT2D eigenvalue weighted by molar-refractivity contribution is 7.09. The summed E-state index contributed by atoms with van der Waals surface area (Å²) in [5.41, 5.74) is 1.53. The molecule has 1 N–H and O–H groups in total. The summed E-state index contributed by atoms with van der Waals surface area (Å²) in [5, 5.41) is 7.10. The molecule has 1 saturated carbocycles. The largest absolute Gasteiger partial charge is 0.308 e. The maximum atomic E-state index is 4.93. The fourth-order valence-electron chi connectivity index (χ4n) is 2.66. The van der Waals surface area contributed by atoms with E-state index in [0.29, 0.717) is 0 Å². The van der Waals surface area contributed by atoms with Gasteiger partial charge in [0.2, 0.25) is 0 Å². The third kappa shape index (κ3) is 2.62. The van der Waals surface area contributed by atoms with Gasteiger partial charge < -0.3 is 5.32 Å². The highest BCUT2D eigenvalue weighted by Gasteiger charge is 2.37. The minimum absolute atomic E-state index is 0.140. The molecule has 1 aromatic heterocycles. The van der Waals surface area contributed by atoms with Gasteiger partial charge in [-0.2, -0.15) is 0 Å². The monoisotopic (exact) mass is 266 g/mol. The van der Waals surface area contributed by atoms with Crippen LogP contribution < -0.4 is 5.32 Å². The van der Waals surface area contributed by atoms with Gasteiger partial charge >= 0.3 is 0 Å². The molecular weight excluding hydrogens is 240 g/mol. The van der Waals surface area contributed by atoms with Gasteiger partial charge in [-0.15, -0.1) is 11.3 Å². The molecule has 3 heteroatoms. The first-order valence-electron chi connectivity index (χ1n) is 7.03. The summed E-state index contributed by atoms with van der Waals surface area (Å²) in [4.78, 5) is 4.93. The van der Waals surface area contributed by atoms with Crippen molar-refractivity contribution in [2.45, 2.75) is 64.3 Å². The molecule has 0 spiro atoms. The minimum Gasteiger partial charge on any atom is -0.308 e. The van der Waals surface area contributed by atoms with Gasteiger partial charge in [-0.3, -0.25) is 0 Å². The van der Waals surface area contributed by atoms with E-state index in [0.717, 1.165) is 5.92 Å². The Hall–Kier alpha value is -0.410. The molecule has 2 nitrogen and oxygen atoms in total. The van der Waals surface area contributed by atoms with E-state index in [1.807, 2.05) is 11.3 Å². The van der Waals surface area contributed by atoms with E-state index in [1.54, 1.807) is 0 Å². The van der Waals surface area contributed by atoms with E-state index in [2.05, 4.69) is 45.4 Å². The normalized spacial score (nSPS) is 29.5. The van der Waals surface area contributed by atoms with Gasteiger partial charge in [0.1, 0.15) is 5.01 Å². The van der Waals surface area contributed by atoms with Crippen LogP contribution in [0.4, 0.5) is 0 Å². The Balaban J connectivity index is 2.25. The predicted molar refractivity (Wildman–Crippen MR) is 79.2 cm³/mol. The van der Waals surface area contributed by atoms with Crippen molar-refractivity contribution in [1.29, 1.82) is 0 Å². The van der Waals surface area contributed by atoms with Gasteiger partial charge in [0.15, 0.2) is 0 Å². The Labute approximate surface area is 115 Å². The fourth-order valence-corrected chi connectivity index (χ4v) is 3.98. The number of nitrogens with zero attached hydrogens (tertiary/aromatic N) is 1. The molecule has 0 atom stereocenters. The second kappa shape index (κ2) is 4.93. The first-order valence-corrected chi connectivity index (χ1v) is 7.91. The summed E-state index contributed by atoms with van der Waals surface area (Å²) in [5.74, 6) is 0.869. The average molecular weight is 266 g/mol. The summed E-state index contributed by atoms with van der Waals surface area (Å²) in [7, 11) is 2.09. The van der Waals surface area contributed by atoms with Crippen molar-refractivity contribution in [1.82, 2.24) is 10.3 Å². The van der Waals surface area contributed by atoms with Gasteiger partial charge in [-0.25, -0.2) is 4.98 Å². The molecule has 0 unspecified atom stereocenters. The molecule has 102 valence electrons. The van der Waals surface area contributed by atoms with Crippen molar-refractivity contribution in [3.05, 3.63) is 16.1 Å². The van der Waals surface area contributed by atoms with Gasteiger partial charge in [0.25, 0.3) is 0 Å². The molecule has 0 radical (unpaired) electrons. The van der Waals surface area contributed by atoms with Crippen LogP contribution in [-0.2, 0) is 11.0 Å². The Morgan fingerprint density at radius 3 is 2.39 bits per heavy atom. The Morgan fingerprint density at radius 2 is 1.94 bits per heavy atom. The third-order valence-corrected chi connectivity index (χ3v) is 5.33. The van der Waals surface area contributed by atoms with Crippen molar-refractivity contribution in [3.8, 4) is 0 Å². The van der Waals surface area contributed by atoms with E-state index in [1.165, 1.54) is 36.4 Å². The van der Waals surface area contributed by atoms with Crippen LogP contribution in [0.5, 0.6) is 0 Å². The molecule has 0 amide bonds. The predicted octanol–water partition coefficient (Wildman–Crippen LogP) is 4.07. The molecule has 1 aliphatic carbocycles. The average Bonchev–Trinajstić information content (AvgIpc) is 2.80. The molecule has 2 rings (SSSR count). The van der Waals surface area contributed by atoms with Crippen LogP contribution in [0.3, 0.4) is 0 Å². The van der Waals surface area contributed by atoms with Crippen LogP contribution in [0.25, 0.3) is 0 Å². The summed E-state index contributed by atoms with van der Waals surface area (Å²) in [6.07, 6.45) is 5.07. The lowest BCUT2D eigenvalue weighted by Crippen LogP contribution is -2.43. The Bertz CT molecular complexity index is 395. The maximum Gasteiger partial charge on any atom is 0.113 e. The molecule has 1 fully saturated rings. The van der Waals surface area contributed by atoms with Crippen molar-refractivity contribution >= 4 is 11.3 Å². The van der Waals surface area contributed by atoms with Gasteiger partial charge in [-0.1, -0.05) is 27.7 Å². The van der Waals surface area contributed by atoms with Crippen LogP contribution in [0, 0.1) is 5.92 Å². The van der Waals surface area contributed by atoms with E-state index in [-0.39, 0.29) is 11.0 Å². The molecule has 1 aliphatic rings. The highest BCUT2D eigenvalue weighted by Crippen LogP contribution is 2.41. The third-order valence-electron chi connectivity index (χ3n) is 4.29. The van der Waals surface area contributed by atoms with Crippen molar-refractivity contribution < 1.29 is 0 Å². The topological polar surface area (TPSA) is 24.9 Å². The van der Waals surface area contributed by atoms with Gasteiger partial charge in [0.05, 0.1) is 11.2 Å². The lowest BCUT2D eigenvalue weighted by molar-refractivity contribution is 0.207. The zero-order chi connectivity index (χ0) is 13.4. The number of thiazole rings is 1. The molecule has 1 aromatic rings. The lowest BCUT2D eigenvalue weighted by Gasteiger charge is -2.37. The summed E-state index contributed by atoms with van der Waals surface area (Å²) in [6.45, 7) is 9.07. The summed E-state index contributed by atoms with van der Waals surface area (Å²) in [6, 6.07) is 0. The van der Waals surface area contributed by atoms with E-state index in [4.69, 9.17) is 4.98 Å². The standard InChI is InChI=1S/C15H26N2S/c1-11-6-8-15(16-5,9-7-11)13-17-12(10-18-13)14(2,3)4/h10-11,16H,6-9H2,1-5H3. The second-order valence-electron chi connectivity index (χ2n) is 6.80. The Kier molecular flexibility index (Phi) is 3.84. The maximum absolute atomic E-state index is 4.93. The first kappa shape index (κ1) is 14.0. The molecule has 18 heavy (non-hydrogen) atoms. The number of nitrogens with one attached hydrogen (secondary N) is 1. The molecule has 0 bridgehead atoms. The van der Waals surface area contributed by atoms with Gasteiger partial charge in [0, 0.05) is 10.8 Å². The zero-order valence-electron chi connectivity index (χ0n) is 12.3. The van der Waals surface area contributed by atoms with E-state index < -0.39 is 0 Å².